The van der Waals surface area contributed by atoms with E-state index >= 15 is 0 Å². The molecule has 0 bridgehead atoms. The number of rotatable bonds is 6. The van der Waals surface area contributed by atoms with Crippen LogP contribution in [-0.2, 0) is 30.6 Å². The van der Waals surface area contributed by atoms with Gasteiger partial charge in [0, 0.05) is 25.7 Å². The number of likely N-dealkylation sites (tertiary alicyclic amines) is 1. The zero-order chi connectivity index (χ0) is 20.1. The van der Waals surface area contributed by atoms with Crippen molar-refractivity contribution in [3.63, 3.8) is 0 Å². The zero-order valence-corrected chi connectivity index (χ0v) is 17.5. The second-order valence-electron chi connectivity index (χ2n) is 8.46. The third kappa shape index (κ3) is 5.39. The second-order valence-corrected chi connectivity index (χ2v) is 8.46. The lowest BCUT2D eigenvalue weighted by Crippen LogP contribution is -2.44. The minimum atomic E-state index is 0.159. The van der Waals surface area contributed by atoms with Gasteiger partial charge in [0.15, 0.2) is 0 Å². The van der Waals surface area contributed by atoms with E-state index in [1.165, 1.54) is 36.0 Å². The van der Waals surface area contributed by atoms with E-state index in [2.05, 4.69) is 40.5 Å². The lowest BCUT2D eigenvalue weighted by Gasteiger charge is -2.32. The average molecular weight is 393 g/mol. The molecular weight excluding hydrogens is 360 g/mol. The van der Waals surface area contributed by atoms with E-state index in [-0.39, 0.29) is 5.91 Å². The van der Waals surface area contributed by atoms with E-state index < -0.39 is 0 Å². The first kappa shape index (κ1) is 20.0. The van der Waals surface area contributed by atoms with Gasteiger partial charge < -0.3 is 10.1 Å². The molecule has 4 rings (SSSR count). The highest BCUT2D eigenvalue weighted by Gasteiger charge is 2.21. The third-order valence-electron chi connectivity index (χ3n) is 6.27. The number of ether oxygens (including phenoxy) is 1. The highest BCUT2D eigenvalue weighted by atomic mass is 16.5. The maximum atomic E-state index is 12.6. The van der Waals surface area contributed by atoms with Crippen molar-refractivity contribution in [2.24, 2.45) is 0 Å². The van der Waals surface area contributed by atoms with Crippen molar-refractivity contribution < 1.29 is 9.53 Å². The molecule has 2 aliphatic rings. The number of methoxy groups -OCH3 is 1. The fraction of sp³-hybridized carbons (Fsp3) is 0.480. The van der Waals surface area contributed by atoms with Crippen molar-refractivity contribution in [2.75, 3.05) is 20.2 Å². The number of nitrogens with one attached hydrogen (secondary N) is 1. The lowest BCUT2D eigenvalue weighted by atomic mass is 9.90. The van der Waals surface area contributed by atoms with E-state index in [9.17, 15) is 4.79 Å². The quantitative estimate of drug-likeness (QED) is 0.811. The van der Waals surface area contributed by atoms with Crippen molar-refractivity contribution in [1.82, 2.24) is 10.2 Å². The van der Waals surface area contributed by atoms with Crippen molar-refractivity contribution in [2.45, 2.75) is 57.5 Å². The molecule has 0 aromatic heterocycles. The van der Waals surface area contributed by atoms with Gasteiger partial charge in [0.25, 0.3) is 0 Å². The summed E-state index contributed by atoms with van der Waals surface area (Å²) < 4.78 is 5.32. The highest BCUT2D eigenvalue weighted by molar-refractivity contribution is 5.79. The van der Waals surface area contributed by atoms with E-state index in [0.717, 1.165) is 50.2 Å². The third-order valence-corrected chi connectivity index (χ3v) is 6.27. The summed E-state index contributed by atoms with van der Waals surface area (Å²) in [4.78, 5) is 15.0. The minimum absolute atomic E-state index is 0.159. The van der Waals surface area contributed by atoms with Gasteiger partial charge >= 0.3 is 0 Å². The molecule has 0 unspecified atom stereocenters. The first-order valence-corrected chi connectivity index (χ1v) is 10.9. The van der Waals surface area contributed by atoms with Crippen LogP contribution in [-0.4, -0.2) is 37.0 Å². The molecule has 1 N–H and O–H groups in total. The van der Waals surface area contributed by atoms with Gasteiger partial charge in [0.1, 0.15) is 5.75 Å². The van der Waals surface area contributed by atoms with Gasteiger partial charge in [-0.15, -0.1) is 0 Å². The minimum Gasteiger partial charge on any atom is -0.497 e. The summed E-state index contributed by atoms with van der Waals surface area (Å²) in [6.07, 6.45) is 7.45. The standard InChI is InChI=1S/C25H32N2O2/c1-29-24-8-4-5-20(16-24)18-27-13-11-23(12-14-27)26-25(28)17-19-9-10-21-6-2-3-7-22(21)15-19/h4-5,8-10,15-16,23H,2-3,6-7,11-14,17-18H2,1H3,(H,26,28). The normalized spacial score (nSPS) is 17.6. The number of benzene rings is 2. The summed E-state index contributed by atoms with van der Waals surface area (Å²) >= 11 is 0. The summed E-state index contributed by atoms with van der Waals surface area (Å²) in [6.45, 7) is 2.97. The number of carbonyl (C=O) groups is 1. The molecule has 1 amide bonds. The van der Waals surface area contributed by atoms with Gasteiger partial charge in [-0.05, 0) is 72.9 Å². The largest absolute Gasteiger partial charge is 0.497 e. The van der Waals surface area contributed by atoms with Crippen molar-refractivity contribution >= 4 is 5.91 Å². The van der Waals surface area contributed by atoms with E-state index in [4.69, 9.17) is 4.74 Å². The van der Waals surface area contributed by atoms with E-state index in [1.54, 1.807) is 7.11 Å². The number of hydrogen-bond donors (Lipinski definition) is 1. The SMILES string of the molecule is COc1cccc(CN2CCC(NC(=O)Cc3ccc4c(c3)CCCC4)CC2)c1. The van der Waals surface area contributed by atoms with Gasteiger partial charge in [-0.25, -0.2) is 0 Å². The number of fused-ring (bicyclic) bond motifs is 1. The van der Waals surface area contributed by atoms with E-state index in [0.29, 0.717) is 12.5 Å². The Morgan fingerprint density at radius 2 is 1.83 bits per heavy atom. The molecule has 4 nitrogen and oxygen atoms in total. The molecule has 4 heteroatoms. The summed E-state index contributed by atoms with van der Waals surface area (Å²) in [5, 5.41) is 3.26. The first-order chi connectivity index (χ1) is 14.2. The predicted molar refractivity (Wildman–Crippen MR) is 116 cm³/mol. The maximum absolute atomic E-state index is 12.6. The van der Waals surface area contributed by atoms with Gasteiger partial charge in [-0.3, -0.25) is 9.69 Å². The molecule has 1 fully saturated rings. The highest BCUT2D eigenvalue weighted by Crippen LogP contribution is 2.23. The summed E-state index contributed by atoms with van der Waals surface area (Å²) in [5.41, 5.74) is 5.36. The Balaban J connectivity index is 1.23. The van der Waals surface area contributed by atoms with Crippen LogP contribution < -0.4 is 10.1 Å². The van der Waals surface area contributed by atoms with E-state index in [1.807, 2.05) is 12.1 Å². The Kier molecular flexibility index (Phi) is 6.50. The zero-order valence-electron chi connectivity index (χ0n) is 17.5. The molecule has 29 heavy (non-hydrogen) atoms. The molecular formula is C25H32N2O2. The van der Waals surface area contributed by atoms with Crippen molar-refractivity contribution in [3.05, 3.63) is 64.7 Å². The fourth-order valence-corrected chi connectivity index (χ4v) is 4.63. The van der Waals surface area contributed by atoms with Crippen molar-refractivity contribution in [1.29, 1.82) is 0 Å². The van der Waals surface area contributed by atoms with Crippen LogP contribution in [0.1, 0.15) is 47.9 Å². The Hall–Kier alpha value is -2.33. The topological polar surface area (TPSA) is 41.6 Å². The summed E-state index contributed by atoms with van der Waals surface area (Å²) in [6, 6.07) is 15.2. The van der Waals surface area contributed by atoms with Crippen LogP contribution >= 0.6 is 0 Å². The molecule has 1 aliphatic heterocycles. The Morgan fingerprint density at radius 3 is 2.62 bits per heavy atom. The molecule has 1 saturated heterocycles. The van der Waals surface area contributed by atoms with Crippen LogP contribution in [0.3, 0.4) is 0 Å². The summed E-state index contributed by atoms with van der Waals surface area (Å²) in [5.74, 6) is 1.07. The number of carbonyl (C=O) groups excluding carboxylic acids is 1. The Labute approximate surface area is 174 Å². The smallest absolute Gasteiger partial charge is 0.224 e. The summed E-state index contributed by atoms with van der Waals surface area (Å²) in [7, 11) is 1.71. The molecule has 0 atom stereocenters. The Morgan fingerprint density at radius 1 is 1.03 bits per heavy atom. The number of piperidine rings is 1. The van der Waals surface area contributed by atoms with Crippen LogP contribution in [0.25, 0.3) is 0 Å². The molecule has 1 aliphatic carbocycles. The van der Waals surface area contributed by atoms with Crippen LogP contribution in [0.4, 0.5) is 0 Å². The van der Waals surface area contributed by atoms with Crippen LogP contribution in [0, 0.1) is 0 Å². The molecule has 0 radical (unpaired) electrons. The lowest BCUT2D eigenvalue weighted by molar-refractivity contribution is -0.121. The molecule has 2 aromatic rings. The molecule has 0 spiro atoms. The molecule has 2 aromatic carbocycles. The van der Waals surface area contributed by atoms with Gasteiger partial charge in [0.05, 0.1) is 13.5 Å². The van der Waals surface area contributed by atoms with Gasteiger partial charge in [0.2, 0.25) is 5.91 Å². The van der Waals surface area contributed by atoms with Gasteiger partial charge in [-0.1, -0.05) is 30.3 Å². The molecule has 1 heterocycles. The van der Waals surface area contributed by atoms with Crippen LogP contribution in [0.2, 0.25) is 0 Å². The van der Waals surface area contributed by atoms with Crippen LogP contribution in [0.15, 0.2) is 42.5 Å². The number of hydrogen-bond acceptors (Lipinski definition) is 3. The first-order valence-electron chi connectivity index (χ1n) is 10.9. The Bertz CT molecular complexity index is 840. The number of aryl methyl sites for hydroxylation is 2. The fourth-order valence-electron chi connectivity index (χ4n) is 4.63. The number of amides is 1. The number of nitrogens with zero attached hydrogens (tertiary/aromatic N) is 1. The molecule has 154 valence electrons. The van der Waals surface area contributed by atoms with Crippen molar-refractivity contribution in [3.8, 4) is 5.75 Å². The molecule has 0 saturated carbocycles. The monoisotopic (exact) mass is 392 g/mol. The van der Waals surface area contributed by atoms with Crippen LogP contribution in [0.5, 0.6) is 5.75 Å². The van der Waals surface area contributed by atoms with Gasteiger partial charge in [-0.2, -0.15) is 0 Å². The average Bonchev–Trinajstić information content (AvgIpc) is 2.75. The second kappa shape index (κ2) is 9.45. The maximum Gasteiger partial charge on any atom is 0.224 e. The predicted octanol–water partition coefficient (Wildman–Crippen LogP) is 3.90.